The highest BCUT2D eigenvalue weighted by atomic mass is 28.2. The lowest BCUT2D eigenvalue weighted by atomic mass is 9.89. The van der Waals surface area contributed by atoms with E-state index in [1.165, 1.54) is 0 Å². The third-order valence-electron chi connectivity index (χ3n) is 2.67. The van der Waals surface area contributed by atoms with Gasteiger partial charge in [-0.2, -0.15) is 0 Å². The summed E-state index contributed by atoms with van der Waals surface area (Å²) in [6, 6.07) is -0.268. The fourth-order valence-electron chi connectivity index (χ4n) is 1.63. The van der Waals surface area contributed by atoms with E-state index in [1.807, 2.05) is 0 Å². The molecule has 1 fully saturated rings. The maximum absolute atomic E-state index is 11.0. The lowest BCUT2D eigenvalue weighted by Gasteiger charge is -2.40. The SMILES string of the molecule is CC(C)(CC1NC(=O)C1N)O[SiH2]C(C)(C)C. The average molecular weight is 244 g/mol. The normalized spacial score (nSPS) is 27.0. The lowest BCUT2D eigenvalue weighted by molar-refractivity contribution is -0.131. The van der Waals surface area contributed by atoms with E-state index >= 15 is 0 Å². The zero-order chi connectivity index (χ0) is 12.6. The molecule has 0 aromatic rings. The van der Waals surface area contributed by atoms with Gasteiger partial charge in [-0.25, -0.2) is 0 Å². The van der Waals surface area contributed by atoms with E-state index < -0.39 is 9.76 Å². The van der Waals surface area contributed by atoms with Crippen molar-refractivity contribution >= 4 is 15.7 Å². The first-order valence-electron chi connectivity index (χ1n) is 5.81. The van der Waals surface area contributed by atoms with Gasteiger partial charge in [0.15, 0.2) is 9.76 Å². The molecular weight excluding hydrogens is 220 g/mol. The van der Waals surface area contributed by atoms with Gasteiger partial charge >= 0.3 is 0 Å². The van der Waals surface area contributed by atoms with Gasteiger partial charge in [-0.1, -0.05) is 20.8 Å². The van der Waals surface area contributed by atoms with E-state index in [0.717, 1.165) is 6.42 Å². The van der Waals surface area contributed by atoms with E-state index in [9.17, 15) is 4.79 Å². The van der Waals surface area contributed by atoms with Gasteiger partial charge in [0.05, 0.1) is 11.6 Å². The van der Waals surface area contributed by atoms with Crippen molar-refractivity contribution < 1.29 is 9.22 Å². The molecule has 4 nitrogen and oxygen atoms in total. The highest BCUT2D eigenvalue weighted by Gasteiger charge is 2.39. The molecule has 0 radical (unpaired) electrons. The summed E-state index contributed by atoms with van der Waals surface area (Å²) in [6.07, 6.45) is 0.795. The van der Waals surface area contributed by atoms with Crippen LogP contribution >= 0.6 is 0 Å². The van der Waals surface area contributed by atoms with Crippen LogP contribution in [0.25, 0.3) is 0 Å². The Morgan fingerprint density at radius 1 is 1.38 bits per heavy atom. The van der Waals surface area contributed by atoms with Crippen molar-refractivity contribution in [3.05, 3.63) is 0 Å². The summed E-state index contributed by atoms with van der Waals surface area (Å²) < 4.78 is 6.02. The minimum Gasteiger partial charge on any atom is -0.418 e. The third kappa shape index (κ3) is 3.88. The second-order valence-electron chi connectivity index (χ2n) is 6.45. The standard InChI is InChI=1S/C11H24N2O2Si/c1-10(2,3)16-15-11(4,5)6-7-8(12)9(14)13-7/h7-8H,6,12,16H2,1-5H3,(H,13,14). The lowest BCUT2D eigenvalue weighted by Crippen LogP contribution is -2.68. The molecule has 1 rings (SSSR count). The minimum atomic E-state index is -0.565. The molecule has 0 spiro atoms. The van der Waals surface area contributed by atoms with E-state index in [4.69, 9.17) is 10.2 Å². The number of carbonyl (C=O) groups excluding carboxylic acids is 1. The fourth-order valence-corrected chi connectivity index (χ4v) is 2.58. The Kier molecular flexibility index (Phi) is 3.82. The molecule has 94 valence electrons. The Bertz CT molecular complexity index is 274. The first kappa shape index (κ1) is 13.7. The maximum atomic E-state index is 11.0. The number of rotatable bonds is 4. The van der Waals surface area contributed by atoms with Crippen LogP contribution in [0.15, 0.2) is 0 Å². The van der Waals surface area contributed by atoms with E-state index in [0.29, 0.717) is 5.04 Å². The van der Waals surface area contributed by atoms with Gasteiger partial charge in [-0.3, -0.25) is 4.79 Å². The smallest absolute Gasteiger partial charge is 0.239 e. The second-order valence-corrected chi connectivity index (χ2v) is 9.15. The monoisotopic (exact) mass is 244 g/mol. The van der Waals surface area contributed by atoms with Crippen molar-refractivity contribution in [2.24, 2.45) is 5.73 Å². The molecule has 0 bridgehead atoms. The van der Waals surface area contributed by atoms with Crippen molar-refractivity contribution in [2.45, 2.75) is 63.8 Å². The Hall–Kier alpha value is -0.393. The van der Waals surface area contributed by atoms with Gasteiger partial charge in [0.2, 0.25) is 5.91 Å². The molecule has 0 saturated carbocycles. The highest BCUT2D eigenvalue weighted by molar-refractivity contribution is 6.31. The molecule has 1 heterocycles. The Morgan fingerprint density at radius 3 is 2.31 bits per heavy atom. The van der Waals surface area contributed by atoms with E-state index in [2.05, 4.69) is 39.9 Å². The summed E-state index contributed by atoms with van der Waals surface area (Å²) in [4.78, 5) is 11.0. The molecule has 1 aliphatic heterocycles. The Balaban J connectivity index is 2.37. The number of β-lactam (4-membered cyclic amide) rings is 1. The predicted molar refractivity (Wildman–Crippen MR) is 67.9 cm³/mol. The van der Waals surface area contributed by atoms with Crippen molar-refractivity contribution in [3.63, 3.8) is 0 Å². The van der Waals surface area contributed by atoms with Crippen LogP contribution in [0, 0.1) is 0 Å². The zero-order valence-corrected chi connectivity index (χ0v) is 12.4. The van der Waals surface area contributed by atoms with Crippen molar-refractivity contribution in [1.82, 2.24) is 5.32 Å². The number of carbonyl (C=O) groups is 1. The summed E-state index contributed by atoms with van der Waals surface area (Å²) >= 11 is 0. The van der Waals surface area contributed by atoms with Crippen molar-refractivity contribution in [2.75, 3.05) is 0 Å². The molecule has 16 heavy (non-hydrogen) atoms. The van der Waals surface area contributed by atoms with Crippen molar-refractivity contribution in [1.29, 1.82) is 0 Å². The topological polar surface area (TPSA) is 64.4 Å². The third-order valence-corrected chi connectivity index (χ3v) is 4.46. The summed E-state index contributed by atoms with van der Waals surface area (Å²) in [5, 5.41) is 3.11. The van der Waals surface area contributed by atoms with Gasteiger partial charge in [0.25, 0.3) is 0 Å². The summed E-state index contributed by atoms with van der Waals surface area (Å²) in [5.41, 5.74) is 5.51. The fraction of sp³-hybridized carbons (Fsp3) is 0.909. The van der Waals surface area contributed by atoms with Crippen LogP contribution in [-0.4, -0.2) is 33.4 Å². The molecular formula is C11H24N2O2Si. The number of hydrogen-bond acceptors (Lipinski definition) is 3. The number of nitrogens with two attached hydrogens (primary N) is 1. The first-order chi connectivity index (χ1) is 7.11. The number of hydrogen-bond donors (Lipinski definition) is 2. The number of amides is 1. The van der Waals surface area contributed by atoms with Crippen LogP contribution in [0.4, 0.5) is 0 Å². The Morgan fingerprint density at radius 2 is 1.94 bits per heavy atom. The molecule has 2 unspecified atom stereocenters. The molecule has 5 heteroatoms. The molecule has 3 N–H and O–H groups in total. The van der Waals surface area contributed by atoms with Gasteiger partial charge in [-0.15, -0.1) is 0 Å². The van der Waals surface area contributed by atoms with Crippen LogP contribution in [0.2, 0.25) is 5.04 Å². The van der Waals surface area contributed by atoms with E-state index in [1.54, 1.807) is 0 Å². The van der Waals surface area contributed by atoms with E-state index in [-0.39, 0.29) is 23.6 Å². The second kappa shape index (κ2) is 4.47. The molecule has 1 saturated heterocycles. The molecule has 1 aliphatic rings. The van der Waals surface area contributed by atoms with Gasteiger partial charge in [0.1, 0.15) is 6.04 Å². The zero-order valence-electron chi connectivity index (χ0n) is 11.0. The van der Waals surface area contributed by atoms with Gasteiger partial charge in [-0.05, 0) is 25.3 Å². The summed E-state index contributed by atoms with van der Waals surface area (Å²) in [6.45, 7) is 10.7. The largest absolute Gasteiger partial charge is 0.418 e. The highest BCUT2D eigenvalue weighted by Crippen LogP contribution is 2.26. The van der Waals surface area contributed by atoms with Crippen LogP contribution in [0.5, 0.6) is 0 Å². The van der Waals surface area contributed by atoms with Crippen molar-refractivity contribution in [3.8, 4) is 0 Å². The maximum Gasteiger partial charge on any atom is 0.239 e. The quantitative estimate of drug-likeness (QED) is 0.552. The molecule has 0 aromatic carbocycles. The van der Waals surface area contributed by atoms with Crippen LogP contribution in [0.1, 0.15) is 41.0 Å². The molecule has 2 atom stereocenters. The minimum absolute atomic E-state index is 0.0473. The Labute approximate surface area is 100 Å². The molecule has 0 aliphatic carbocycles. The van der Waals surface area contributed by atoms with Gasteiger partial charge < -0.3 is 15.5 Å². The predicted octanol–water partition coefficient (Wildman–Crippen LogP) is 0.300. The first-order valence-corrected chi connectivity index (χ1v) is 7.09. The van der Waals surface area contributed by atoms with Gasteiger partial charge in [0, 0.05) is 0 Å². The molecule has 0 aromatic heterocycles. The van der Waals surface area contributed by atoms with Crippen LogP contribution in [0.3, 0.4) is 0 Å². The van der Waals surface area contributed by atoms with Crippen LogP contribution in [-0.2, 0) is 9.22 Å². The number of nitrogens with one attached hydrogen (secondary N) is 1. The molecule has 1 amide bonds. The average Bonchev–Trinajstić information content (AvgIpc) is 2.13. The van der Waals surface area contributed by atoms with Crippen LogP contribution < -0.4 is 11.1 Å². The summed E-state index contributed by atoms with van der Waals surface area (Å²) in [7, 11) is -0.565. The summed E-state index contributed by atoms with van der Waals surface area (Å²) in [5.74, 6) is -0.0473.